The van der Waals surface area contributed by atoms with Crippen LogP contribution in [0.1, 0.15) is 21.5 Å². The Morgan fingerprint density at radius 3 is 2.45 bits per heavy atom. The maximum absolute atomic E-state index is 6.26. The minimum Gasteiger partial charge on any atom is -0.384 e. The molecule has 0 aliphatic carbocycles. The van der Waals surface area contributed by atoms with E-state index in [0.29, 0.717) is 10.0 Å². The van der Waals surface area contributed by atoms with Gasteiger partial charge in [0.1, 0.15) is 0 Å². The molecular formula is C16H15BrCl2O. The normalized spacial score (nSPS) is 12.4. The molecule has 1 unspecified atom stereocenters. The molecule has 0 spiro atoms. The van der Waals surface area contributed by atoms with Crippen molar-refractivity contribution in [2.24, 2.45) is 0 Å². The van der Waals surface area contributed by atoms with Crippen molar-refractivity contribution >= 4 is 39.1 Å². The van der Waals surface area contributed by atoms with Crippen molar-refractivity contribution in [1.82, 2.24) is 0 Å². The zero-order valence-electron chi connectivity index (χ0n) is 11.1. The minimum absolute atomic E-state index is 0.0326. The number of alkyl halides is 1. The van der Waals surface area contributed by atoms with Gasteiger partial charge in [-0.2, -0.15) is 0 Å². The van der Waals surface area contributed by atoms with E-state index in [9.17, 15) is 0 Å². The molecule has 1 atom stereocenters. The largest absolute Gasteiger partial charge is 0.384 e. The zero-order chi connectivity index (χ0) is 14.5. The fourth-order valence-electron chi connectivity index (χ4n) is 1.97. The van der Waals surface area contributed by atoms with E-state index >= 15 is 0 Å². The summed E-state index contributed by atoms with van der Waals surface area (Å²) in [6.07, 6.45) is 0.918. The first-order chi connectivity index (χ1) is 9.63. The number of rotatable bonds is 5. The van der Waals surface area contributed by atoms with Crippen LogP contribution in [0.25, 0.3) is 0 Å². The van der Waals surface area contributed by atoms with Crippen LogP contribution in [0.4, 0.5) is 0 Å². The molecule has 0 N–H and O–H groups in total. The molecule has 0 aromatic heterocycles. The van der Waals surface area contributed by atoms with Crippen LogP contribution < -0.4 is 0 Å². The molecule has 0 aliphatic rings. The third-order valence-corrected chi connectivity index (χ3v) is 4.98. The first-order valence-electron chi connectivity index (χ1n) is 6.29. The molecule has 0 bridgehead atoms. The average Bonchev–Trinajstić information content (AvgIpc) is 2.48. The highest BCUT2D eigenvalue weighted by molar-refractivity contribution is 9.09. The molecule has 4 heteroatoms. The van der Waals surface area contributed by atoms with Crippen LogP contribution in [0.2, 0.25) is 10.0 Å². The van der Waals surface area contributed by atoms with E-state index in [4.69, 9.17) is 27.9 Å². The van der Waals surface area contributed by atoms with Crippen molar-refractivity contribution in [3.8, 4) is 0 Å². The van der Waals surface area contributed by atoms with Crippen LogP contribution in [0.3, 0.4) is 0 Å². The van der Waals surface area contributed by atoms with Gasteiger partial charge in [-0.15, -0.1) is 0 Å². The van der Waals surface area contributed by atoms with Gasteiger partial charge in [0.25, 0.3) is 0 Å². The van der Waals surface area contributed by atoms with Gasteiger partial charge in [-0.25, -0.2) is 0 Å². The van der Waals surface area contributed by atoms with Crippen molar-refractivity contribution in [3.05, 3.63) is 69.2 Å². The van der Waals surface area contributed by atoms with E-state index in [0.717, 1.165) is 24.2 Å². The lowest BCUT2D eigenvalue weighted by Gasteiger charge is -2.14. The summed E-state index contributed by atoms with van der Waals surface area (Å²) in [5.74, 6) is 0. The van der Waals surface area contributed by atoms with E-state index in [2.05, 4.69) is 40.2 Å². The summed E-state index contributed by atoms with van der Waals surface area (Å²) in [7, 11) is 1.71. The van der Waals surface area contributed by atoms with Gasteiger partial charge in [0.15, 0.2) is 0 Å². The Balaban J connectivity index is 2.20. The maximum atomic E-state index is 6.26. The summed E-state index contributed by atoms with van der Waals surface area (Å²) in [6, 6.07) is 14.1. The summed E-state index contributed by atoms with van der Waals surface area (Å²) < 4.78 is 5.08. The van der Waals surface area contributed by atoms with Gasteiger partial charge in [-0.1, -0.05) is 75.5 Å². The molecule has 0 saturated carbocycles. The lowest BCUT2D eigenvalue weighted by Crippen LogP contribution is -1.97. The molecule has 0 radical (unpaired) electrons. The fourth-order valence-corrected chi connectivity index (χ4v) is 3.20. The summed E-state index contributed by atoms with van der Waals surface area (Å²) in [5.41, 5.74) is 3.38. The molecule has 0 saturated heterocycles. The molecule has 20 heavy (non-hydrogen) atoms. The molecule has 1 nitrogen and oxygen atoms in total. The lowest BCUT2D eigenvalue weighted by atomic mass is 10.0. The van der Waals surface area contributed by atoms with Gasteiger partial charge < -0.3 is 4.74 Å². The Morgan fingerprint density at radius 1 is 1.10 bits per heavy atom. The van der Waals surface area contributed by atoms with Crippen LogP contribution in [0.5, 0.6) is 0 Å². The average molecular weight is 374 g/mol. The number of benzene rings is 2. The number of ether oxygens (including phenoxy) is 1. The Kier molecular flexibility index (Phi) is 5.91. The van der Waals surface area contributed by atoms with E-state index in [1.807, 2.05) is 12.1 Å². The summed E-state index contributed by atoms with van der Waals surface area (Å²) >= 11 is 16.0. The monoisotopic (exact) mass is 372 g/mol. The van der Waals surface area contributed by atoms with Crippen LogP contribution in [0, 0.1) is 0 Å². The summed E-state index contributed by atoms with van der Waals surface area (Å²) in [6.45, 7) is 0.733. The SMILES string of the molecule is COCCc1ccc(C(Br)c2cccc(Cl)c2Cl)cc1. The van der Waals surface area contributed by atoms with Gasteiger partial charge in [-0.05, 0) is 29.2 Å². The third kappa shape index (κ3) is 3.76. The van der Waals surface area contributed by atoms with Crippen molar-refractivity contribution in [2.45, 2.75) is 11.2 Å². The zero-order valence-corrected chi connectivity index (χ0v) is 14.2. The van der Waals surface area contributed by atoms with Crippen molar-refractivity contribution in [2.75, 3.05) is 13.7 Å². The van der Waals surface area contributed by atoms with E-state index in [-0.39, 0.29) is 4.83 Å². The molecule has 2 aromatic rings. The van der Waals surface area contributed by atoms with Crippen LogP contribution in [-0.2, 0) is 11.2 Å². The first kappa shape index (κ1) is 15.8. The summed E-state index contributed by atoms with van der Waals surface area (Å²) in [5, 5.41) is 1.17. The van der Waals surface area contributed by atoms with E-state index in [1.165, 1.54) is 5.56 Å². The van der Waals surface area contributed by atoms with Crippen LogP contribution in [-0.4, -0.2) is 13.7 Å². The molecular weight excluding hydrogens is 359 g/mol. The number of methoxy groups -OCH3 is 1. The highest BCUT2D eigenvalue weighted by Crippen LogP contribution is 2.38. The highest BCUT2D eigenvalue weighted by atomic mass is 79.9. The highest BCUT2D eigenvalue weighted by Gasteiger charge is 2.15. The lowest BCUT2D eigenvalue weighted by molar-refractivity contribution is 0.202. The predicted molar refractivity (Wildman–Crippen MR) is 89.3 cm³/mol. The quantitative estimate of drug-likeness (QED) is 0.613. The molecule has 0 amide bonds. The predicted octanol–water partition coefficient (Wildman–Crippen LogP) is 5.67. The van der Waals surface area contributed by atoms with E-state index in [1.54, 1.807) is 13.2 Å². The van der Waals surface area contributed by atoms with Gasteiger partial charge >= 0.3 is 0 Å². The molecule has 0 heterocycles. The van der Waals surface area contributed by atoms with Crippen LogP contribution in [0.15, 0.2) is 42.5 Å². The second-order valence-corrected chi connectivity index (χ2v) is 6.19. The maximum Gasteiger partial charge on any atom is 0.0659 e. The molecule has 106 valence electrons. The molecule has 0 aliphatic heterocycles. The van der Waals surface area contributed by atoms with E-state index < -0.39 is 0 Å². The second kappa shape index (κ2) is 7.46. The standard InChI is InChI=1S/C16H15BrCl2O/c1-20-10-9-11-5-7-12(8-6-11)15(17)13-3-2-4-14(18)16(13)19/h2-8,15H,9-10H2,1H3. The smallest absolute Gasteiger partial charge is 0.0659 e. The number of halogens is 3. The molecule has 2 rings (SSSR count). The van der Waals surface area contributed by atoms with Crippen molar-refractivity contribution < 1.29 is 4.74 Å². The van der Waals surface area contributed by atoms with Crippen molar-refractivity contribution in [1.29, 1.82) is 0 Å². The van der Waals surface area contributed by atoms with Gasteiger partial charge in [0.05, 0.1) is 21.5 Å². The second-order valence-electron chi connectivity index (χ2n) is 4.49. The minimum atomic E-state index is 0.0326. The Labute approximate surface area is 138 Å². The van der Waals surface area contributed by atoms with Gasteiger partial charge in [-0.3, -0.25) is 0 Å². The third-order valence-electron chi connectivity index (χ3n) is 3.12. The summed E-state index contributed by atoms with van der Waals surface area (Å²) in [4.78, 5) is 0.0326. The number of hydrogen-bond acceptors (Lipinski definition) is 1. The van der Waals surface area contributed by atoms with Crippen LogP contribution >= 0.6 is 39.1 Å². The molecule has 2 aromatic carbocycles. The topological polar surface area (TPSA) is 9.23 Å². The number of hydrogen-bond donors (Lipinski definition) is 0. The van der Waals surface area contributed by atoms with Crippen molar-refractivity contribution in [3.63, 3.8) is 0 Å². The Morgan fingerprint density at radius 2 is 1.80 bits per heavy atom. The Bertz CT molecular complexity index is 569. The molecule has 0 fully saturated rings. The van der Waals surface area contributed by atoms with Gasteiger partial charge in [0.2, 0.25) is 0 Å². The first-order valence-corrected chi connectivity index (χ1v) is 7.96. The van der Waals surface area contributed by atoms with Gasteiger partial charge in [0, 0.05) is 7.11 Å². The Hall–Kier alpha value is -0.540. The fraction of sp³-hybridized carbons (Fsp3) is 0.250.